The van der Waals surface area contributed by atoms with Crippen molar-refractivity contribution in [2.75, 3.05) is 32.0 Å². The molecule has 0 saturated carbocycles. The minimum atomic E-state index is -4.28. The maximum Gasteiger partial charge on any atom is 0.328 e. The summed E-state index contributed by atoms with van der Waals surface area (Å²) < 4.78 is 66.8. The second kappa shape index (κ2) is 10.5. The van der Waals surface area contributed by atoms with E-state index in [4.69, 9.17) is 14.6 Å². The Hall–Kier alpha value is -3.09. The number of carbonyl (C=O) groups is 1. The highest BCUT2D eigenvalue weighted by Crippen LogP contribution is 2.33. The van der Waals surface area contributed by atoms with Crippen molar-refractivity contribution in [1.82, 2.24) is 4.31 Å². The Balaban J connectivity index is 2.02. The Bertz CT molecular complexity index is 1300. The number of piperidine rings is 1. The SMILES string of the molecule is COc1ccc(S(=O)(=O)N2CCCCC2)cc1NS(=O)(=O)c1cc(C=CC(=O)O)ccc1OC. The minimum absolute atomic E-state index is 0.0241. The molecule has 0 aliphatic carbocycles. The fourth-order valence-corrected chi connectivity index (χ4v) is 6.37. The van der Waals surface area contributed by atoms with Crippen LogP contribution in [0.15, 0.2) is 52.3 Å². The molecule has 2 aromatic carbocycles. The molecular formula is C22H26N2O8S2. The van der Waals surface area contributed by atoms with E-state index in [2.05, 4.69) is 4.72 Å². The van der Waals surface area contributed by atoms with E-state index in [9.17, 15) is 21.6 Å². The van der Waals surface area contributed by atoms with E-state index in [1.165, 1.54) is 61.0 Å². The molecule has 12 heteroatoms. The lowest BCUT2D eigenvalue weighted by molar-refractivity contribution is -0.131. The van der Waals surface area contributed by atoms with Crippen LogP contribution in [0.4, 0.5) is 5.69 Å². The van der Waals surface area contributed by atoms with Crippen LogP contribution in [-0.4, -0.2) is 59.5 Å². The van der Waals surface area contributed by atoms with Crippen molar-refractivity contribution >= 4 is 37.8 Å². The molecule has 0 radical (unpaired) electrons. The van der Waals surface area contributed by atoms with Gasteiger partial charge in [0.2, 0.25) is 10.0 Å². The average Bonchev–Trinajstić information content (AvgIpc) is 2.82. The van der Waals surface area contributed by atoms with Crippen LogP contribution in [0.1, 0.15) is 24.8 Å². The fourth-order valence-electron chi connectivity index (χ4n) is 3.56. The summed E-state index contributed by atoms with van der Waals surface area (Å²) in [7, 11) is -5.46. The number of aliphatic carboxylic acids is 1. The molecule has 1 heterocycles. The van der Waals surface area contributed by atoms with Crippen molar-refractivity contribution in [1.29, 1.82) is 0 Å². The summed E-state index contributed by atoms with van der Waals surface area (Å²) in [5.41, 5.74) is 0.256. The Morgan fingerprint density at radius 3 is 2.24 bits per heavy atom. The summed E-state index contributed by atoms with van der Waals surface area (Å²) in [6, 6.07) is 8.13. The van der Waals surface area contributed by atoms with E-state index in [0.717, 1.165) is 25.3 Å². The number of rotatable bonds is 9. The molecule has 184 valence electrons. The summed E-state index contributed by atoms with van der Waals surface area (Å²) >= 11 is 0. The van der Waals surface area contributed by atoms with Gasteiger partial charge in [-0.3, -0.25) is 4.72 Å². The van der Waals surface area contributed by atoms with E-state index in [1.54, 1.807) is 0 Å². The first-order valence-electron chi connectivity index (χ1n) is 10.4. The minimum Gasteiger partial charge on any atom is -0.495 e. The van der Waals surface area contributed by atoms with Crippen molar-refractivity contribution in [3.8, 4) is 11.5 Å². The van der Waals surface area contributed by atoms with E-state index in [1.807, 2.05) is 0 Å². The van der Waals surface area contributed by atoms with Gasteiger partial charge in [-0.15, -0.1) is 0 Å². The van der Waals surface area contributed by atoms with Gasteiger partial charge in [0.25, 0.3) is 10.0 Å². The predicted octanol–water partition coefficient (Wildman–Crippen LogP) is 2.78. The molecule has 1 saturated heterocycles. The third-order valence-corrected chi connectivity index (χ3v) is 8.54. The second-order valence-corrected chi connectivity index (χ2v) is 11.1. The smallest absolute Gasteiger partial charge is 0.328 e. The first-order chi connectivity index (χ1) is 16.1. The Labute approximate surface area is 198 Å². The number of hydrogen-bond donors (Lipinski definition) is 2. The molecule has 3 rings (SSSR count). The van der Waals surface area contributed by atoms with Gasteiger partial charge in [0.15, 0.2) is 0 Å². The van der Waals surface area contributed by atoms with Gasteiger partial charge in [-0.05, 0) is 54.8 Å². The fraction of sp³-hybridized carbons (Fsp3) is 0.318. The molecule has 0 amide bonds. The maximum atomic E-state index is 13.3. The molecule has 1 aliphatic rings. The monoisotopic (exact) mass is 510 g/mol. The van der Waals surface area contributed by atoms with E-state index in [0.29, 0.717) is 18.7 Å². The number of ether oxygens (including phenoxy) is 2. The molecule has 0 aromatic heterocycles. The van der Waals surface area contributed by atoms with Crippen LogP contribution < -0.4 is 14.2 Å². The van der Waals surface area contributed by atoms with Crippen molar-refractivity contribution in [3.05, 3.63) is 48.0 Å². The molecule has 2 N–H and O–H groups in total. The number of carboxylic acids is 1. The van der Waals surface area contributed by atoms with Crippen molar-refractivity contribution in [2.24, 2.45) is 0 Å². The van der Waals surface area contributed by atoms with Crippen LogP contribution in [0.25, 0.3) is 6.08 Å². The number of sulfonamides is 2. The lowest BCUT2D eigenvalue weighted by atomic mass is 10.2. The number of benzene rings is 2. The molecule has 0 spiro atoms. The predicted molar refractivity (Wildman–Crippen MR) is 126 cm³/mol. The maximum absolute atomic E-state index is 13.3. The summed E-state index contributed by atoms with van der Waals surface area (Å²) in [6.07, 6.45) is 4.61. The number of hydrogen-bond acceptors (Lipinski definition) is 7. The third kappa shape index (κ3) is 5.69. The van der Waals surface area contributed by atoms with E-state index >= 15 is 0 Å². The molecule has 1 aliphatic heterocycles. The number of carboxylic acid groups (broad SMARTS) is 1. The Morgan fingerprint density at radius 2 is 1.62 bits per heavy atom. The lowest BCUT2D eigenvalue weighted by Gasteiger charge is -2.26. The van der Waals surface area contributed by atoms with E-state index in [-0.39, 0.29) is 27.0 Å². The van der Waals surface area contributed by atoms with Gasteiger partial charge >= 0.3 is 5.97 Å². The van der Waals surface area contributed by atoms with Gasteiger partial charge in [0, 0.05) is 19.2 Å². The standard InChI is InChI=1S/C22H26N2O8S2/c1-31-19-10-8-17(34(29,30)24-12-4-3-5-13-24)15-18(19)23-33(27,28)21-14-16(7-11-22(25)26)6-9-20(21)32-2/h6-11,14-15,23H,3-5,12-13H2,1-2H3,(H,25,26). The summed E-state index contributed by atoms with van der Waals surface area (Å²) in [5, 5.41) is 8.83. The molecule has 34 heavy (non-hydrogen) atoms. The van der Waals surface area contributed by atoms with Gasteiger partial charge in [-0.25, -0.2) is 21.6 Å². The van der Waals surface area contributed by atoms with E-state index < -0.39 is 26.0 Å². The molecule has 0 unspecified atom stereocenters. The van der Waals surface area contributed by atoms with Gasteiger partial charge in [0.05, 0.1) is 24.8 Å². The number of methoxy groups -OCH3 is 2. The Kier molecular flexibility index (Phi) is 7.85. The molecule has 0 bridgehead atoms. The Morgan fingerprint density at radius 1 is 0.971 bits per heavy atom. The van der Waals surface area contributed by atoms with Crippen LogP contribution in [0.5, 0.6) is 11.5 Å². The number of anilines is 1. The van der Waals surface area contributed by atoms with Crippen molar-refractivity contribution in [2.45, 2.75) is 29.1 Å². The van der Waals surface area contributed by atoms with Crippen LogP contribution in [-0.2, 0) is 24.8 Å². The summed E-state index contributed by atoms with van der Waals surface area (Å²) in [4.78, 5) is 10.5. The van der Waals surface area contributed by atoms with Crippen LogP contribution in [0, 0.1) is 0 Å². The zero-order valence-electron chi connectivity index (χ0n) is 18.7. The quantitative estimate of drug-likeness (QED) is 0.491. The van der Waals surface area contributed by atoms with Gasteiger partial charge in [-0.1, -0.05) is 12.5 Å². The molecular weight excluding hydrogens is 484 g/mol. The molecule has 1 fully saturated rings. The first-order valence-corrected chi connectivity index (χ1v) is 13.3. The molecule has 0 atom stereocenters. The van der Waals surface area contributed by atoms with Gasteiger partial charge in [-0.2, -0.15) is 4.31 Å². The lowest BCUT2D eigenvalue weighted by Crippen LogP contribution is -2.35. The van der Waals surface area contributed by atoms with Crippen LogP contribution in [0.2, 0.25) is 0 Å². The van der Waals surface area contributed by atoms with Crippen LogP contribution in [0.3, 0.4) is 0 Å². The highest BCUT2D eigenvalue weighted by molar-refractivity contribution is 7.93. The zero-order chi connectivity index (χ0) is 24.9. The molecule has 2 aromatic rings. The molecule has 10 nitrogen and oxygen atoms in total. The second-order valence-electron chi connectivity index (χ2n) is 7.51. The highest BCUT2D eigenvalue weighted by atomic mass is 32.2. The zero-order valence-corrected chi connectivity index (χ0v) is 20.4. The first kappa shape index (κ1) is 25.5. The normalized spacial score (nSPS) is 15.2. The summed E-state index contributed by atoms with van der Waals surface area (Å²) in [6.45, 7) is 0.812. The highest BCUT2D eigenvalue weighted by Gasteiger charge is 2.28. The summed E-state index contributed by atoms with van der Waals surface area (Å²) in [5.74, 6) is -1.03. The van der Waals surface area contributed by atoms with Gasteiger partial charge < -0.3 is 14.6 Å². The average molecular weight is 511 g/mol. The topological polar surface area (TPSA) is 139 Å². The number of nitrogens with zero attached hydrogens (tertiary/aromatic N) is 1. The van der Waals surface area contributed by atoms with Crippen LogP contribution >= 0.6 is 0 Å². The third-order valence-electron chi connectivity index (χ3n) is 5.26. The van der Waals surface area contributed by atoms with Crippen molar-refractivity contribution < 1.29 is 36.2 Å². The van der Waals surface area contributed by atoms with Gasteiger partial charge in [0.1, 0.15) is 16.4 Å². The number of nitrogens with one attached hydrogen (secondary N) is 1. The largest absolute Gasteiger partial charge is 0.495 e. The van der Waals surface area contributed by atoms with Crippen molar-refractivity contribution in [3.63, 3.8) is 0 Å².